The van der Waals surface area contributed by atoms with Crippen LogP contribution in [0.2, 0.25) is 0 Å². The van der Waals surface area contributed by atoms with Gasteiger partial charge < -0.3 is 24.0 Å². The number of hydrogen-bond donors (Lipinski definition) is 1. The first-order chi connectivity index (χ1) is 15.5. The fourth-order valence-electron chi connectivity index (χ4n) is 4.04. The summed E-state index contributed by atoms with van der Waals surface area (Å²) < 4.78 is 17.0. The number of aromatic nitrogens is 1. The van der Waals surface area contributed by atoms with Crippen molar-refractivity contribution in [2.45, 2.75) is 64.5 Å². The highest BCUT2D eigenvalue weighted by Crippen LogP contribution is 2.30. The molecule has 2 saturated carbocycles. The van der Waals surface area contributed by atoms with Gasteiger partial charge in [-0.3, -0.25) is 4.79 Å². The van der Waals surface area contributed by atoms with Gasteiger partial charge in [0.15, 0.2) is 5.76 Å². The summed E-state index contributed by atoms with van der Waals surface area (Å²) in [6.45, 7) is 2.56. The van der Waals surface area contributed by atoms with Gasteiger partial charge in [0, 0.05) is 18.7 Å². The molecule has 0 unspecified atom stereocenters. The third-order valence-electron chi connectivity index (χ3n) is 6.31. The number of hydrogen-bond acceptors (Lipinski definition) is 6. The van der Waals surface area contributed by atoms with Crippen LogP contribution in [-0.4, -0.2) is 47.4 Å². The van der Waals surface area contributed by atoms with Crippen LogP contribution in [-0.2, 0) is 16.1 Å². The largest absolute Gasteiger partial charge is 0.493 e. The monoisotopic (exact) mass is 444 g/mol. The summed E-state index contributed by atoms with van der Waals surface area (Å²) in [7, 11) is 1.82. The number of rotatable bonds is 7. The van der Waals surface area contributed by atoms with E-state index in [1.165, 1.54) is 32.1 Å². The maximum atomic E-state index is 12.4. The van der Waals surface area contributed by atoms with Crippen molar-refractivity contribution in [3.05, 3.63) is 35.5 Å². The van der Waals surface area contributed by atoms with E-state index in [4.69, 9.17) is 23.9 Å². The second kappa shape index (κ2) is 11.5. The van der Waals surface area contributed by atoms with Crippen LogP contribution in [0.15, 0.2) is 28.8 Å². The lowest BCUT2D eigenvalue weighted by atomic mass is 9.86. The molecule has 2 aliphatic carbocycles. The summed E-state index contributed by atoms with van der Waals surface area (Å²) in [6, 6.07) is 8.13. The zero-order chi connectivity index (χ0) is 22.9. The van der Waals surface area contributed by atoms with Crippen LogP contribution in [0.3, 0.4) is 0 Å². The lowest BCUT2D eigenvalue weighted by Gasteiger charge is -2.25. The Hall–Kier alpha value is -3.03. The first kappa shape index (κ1) is 23.6. The Kier molecular flexibility index (Phi) is 8.53. The molecule has 1 heterocycles. The van der Waals surface area contributed by atoms with Gasteiger partial charge in [0.05, 0.1) is 17.9 Å². The molecule has 2 aromatic rings. The van der Waals surface area contributed by atoms with Gasteiger partial charge in [-0.2, -0.15) is 0 Å². The van der Waals surface area contributed by atoms with E-state index in [2.05, 4.69) is 5.16 Å². The Morgan fingerprint density at radius 3 is 2.44 bits per heavy atom. The Labute approximate surface area is 188 Å². The summed E-state index contributed by atoms with van der Waals surface area (Å²) >= 11 is 0. The summed E-state index contributed by atoms with van der Waals surface area (Å²) in [4.78, 5) is 22.5. The lowest BCUT2D eigenvalue weighted by Crippen LogP contribution is -2.35. The molecule has 32 heavy (non-hydrogen) atoms. The van der Waals surface area contributed by atoms with Crippen molar-refractivity contribution in [2.75, 3.05) is 13.7 Å². The number of carboxylic acid groups (broad SMARTS) is 1. The minimum absolute atomic E-state index is 0.153. The molecular weight excluding hydrogens is 412 g/mol. The van der Waals surface area contributed by atoms with Gasteiger partial charge in [-0.05, 0) is 62.8 Å². The van der Waals surface area contributed by atoms with E-state index in [1.807, 2.05) is 38.2 Å². The number of benzene rings is 1. The molecule has 8 nitrogen and oxygen atoms in total. The average Bonchev–Trinajstić information content (AvgIpc) is 3.42. The summed E-state index contributed by atoms with van der Waals surface area (Å²) in [5.41, 5.74) is 2.44. The van der Waals surface area contributed by atoms with E-state index in [0.717, 1.165) is 42.0 Å². The van der Waals surface area contributed by atoms with Gasteiger partial charge in [-0.15, -0.1) is 0 Å². The van der Waals surface area contributed by atoms with Crippen LogP contribution in [0.25, 0.3) is 11.3 Å². The Morgan fingerprint density at radius 1 is 1.19 bits per heavy atom. The van der Waals surface area contributed by atoms with Crippen molar-refractivity contribution in [3.63, 3.8) is 0 Å². The predicted molar refractivity (Wildman–Crippen MR) is 118 cm³/mol. The SMILES string of the molecule is Cc1noc(-c2ccc(OCC3CCC3)cc2)c1COC(=O)N(C)C1CCCC1.O=CO. The van der Waals surface area contributed by atoms with Crippen LogP contribution in [0.4, 0.5) is 4.79 Å². The Balaban J connectivity index is 0.000000913. The van der Waals surface area contributed by atoms with Gasteiger partial charge >= 0.3 is 6.09 Å². The second-order valence-electron chi connectivity index (χ2n) is 8.42. The number of carbonyl (C=O) groups is 2. The smallest absolute Gasteiger partial charge is 0.410 e. The first-order valence-corrected chi connectivity index (χ1v) is 11.2. The predicted octanol–water partition coefficient (Wildman–Crippen LogP) is 5.04. The molecular formula is C24H32N2O6. The van der Waals surface area contributed by atoms with Gasteiger partial charge in [-0.25, -0.2) is 4.79 Å². The number of aryl methyl sites for hydroxylation is 1. The molecule has 2 fully saturated rings. The van der Waals surface area contributed by atoms with Crippen LogP contribution in [0.1, 0.15) is 56.2 Å². The van der Waals surface area contributed by atoms with Crippen molar-refractivity contribution in [1.29, 1.82) is 0 Å². The van der Waals surface area contributed by atoms with Crippen LogP contribution >= 0.6 is 0 Å². The molecule has 1 aromatic carbocycles. The Bertz CT molecular complexity index is 869. The highest BCUT2D eigenvalue weighted by atomic mass is 16.6. The van der Waals surface area contributed by atoms with Crippen molar-refractivity contribution in [2.24, 2.45) is 5.92 Å². The van der Waals surface area contributed by atoms with E-state index < -0.39 is 0 Å². The molecule has 2 aliphatic rings. The molecule has 0 atom stereocenters. The molecule has 1 N–H and O–H groups in total. The first-order valence-electron chi connectivity index (χ1n) is 11.2. The van der Waals surface area contributed by atoms with E-state index in [9.17, 15) is 4.79 Å². The average molecular weight is 445 g/mol. The molecule has 1 aromatic heterocycles. The number of carbonyl (C=O) groups excluding carboxylic acids is 1. The molecule has 4 rings (SSSR count). The van der Waals surface area contributed by atoms with Crippen molar-refractivity contribution >= 4 is 12.6 Å². The van der Waals surface area contributed by atoms with Crippen LogP contribution in [0.5, 0.6) is 5.75 Å². The highest BCUT2D eigenvalue weighted by molar-refractivity contribution is 5.68. The van der Waals surface area contributed by atoms with Crippen LogP contribution in [0, 0.1) is 12.8 Å². The van der Waals surface area contributed by atoms with Gasteiger partial charge in [0.2, 0.25) is 0 Å². The zero-order valence-electron chi connectivity index (χ0n) is 18.8. The molecule has 174 valence electrons. The van der Waals surface area contributed by atoms with Gasteiger partial charge in [0.25, 0.3) is 6.47 Å². The molecule has 0 spiro atoms. The fourth-order valence-corrected chi connectivity index (χ4v) is 4.04. The number of nitrogens with zero attached hydrogens (tertiary/aromatic N) is 2. The normalized spacial score (nSPS) is 15.9. The quantitative estimate of drug-likeness (QED) is 0.597. The van der Waals surface area contributed by atoms with E-state index in [0.29, 0.717) is 11.7 Å². The third kappa shape index (κ3) is 6.02. The van der Waals surface area contributed by atoms with Gasteiger partial charge in [-0.1, -0.05) is 24.4 Å². The van der Waals surface area contributed by atoms with Gasteiger partial charge in [0.1, 0.15) is 12.4 Å². The summed E-state index contributed by atoms with van der Waals surface area (Å²) in [5.74, 6) is 2.21. The molecule has 8 heteroatoms. The number of ether oxygens (including phenoxy) is 2. The topological polar surface area (TPSA) is 102 Å². The van der Waals surface area contributed by atoms with Crippen molar-refractivity contribution < 1.29 is 28.7 Å². The highest BCUT2D eigenvalue weighted by Gasteiger charge is 2.25. The number of amides is 1. The maximum Gasteiger partial charge on any atom is 0.410 e. The Morgan fingerprint density at radius 2 is 1.84 bits per heavy atom. The zero-order valence-corrected chi connectivity index (χ0v) is 18.8. The molecule has 0 saturated heterocycles. The maximum absolute atomic E-state index is 12.4. The standard InChI is InChI=1S/C23H30N2O4.CH2O2/c1-16-21(15-28-23(26)25(2)19-8-3-4-9-19)22(29-24-16)18-10-12-20(13-11-18)27-14-17-6-5-7-17;2-1-3/h10-13,17,19H,3-9,14-15H2,1-2H3;1H,(H,2,3). The molecule has 0 aliphatic heterocycles. The van der Waals surface area contributed by atoms with Crippen LogP contribution < -0.4 is 4.74 Å². The molecule has 0 radical (unpaired) electrons. The summed E-state index contributed by atoms with van der Waals surface area (Å²) in [5, 5.41) is 11.0. The second-order valence-corrected chi connectivity index (χ2v) is 8.42. The molecule has 1 amide bonds. The third-order valence-corrected chi connectivity index (χ3v) is 6.31. The van der Waals surface area contributed by atoms with E-state index in [1.54, 1.807) is 4.90 Å². The van der Waals surface area contributed by atoms with Crippen molar-refractivity contribution in [3.8, 4) is 17.1 Å². The minimum Gasteiger partial charge on any atom is -0.493 e. The summed E-state index contributed by atoms with van der Waals surface area (Å²) in [6.07, 6.45) is 8.04. The van der Waals surface area contributed by atoms with Crippen molar-refractivity contribution in [1.82, 2.24) is 10.1 Å². The van der Waals surface area contributed by atoms with E-state index in [-0.39, 0.29) is 25.2 Å². The molecule has 0 bridgehead atoms. The fraction of sp³-hybridized carbons (Fsp3) is 0.542. The lowest BCUT2D eigenvalue weighted by molar-refractivity contribution is -0.122. The van der Waals surface area contributed by atoms with E-state index >= 15 is 0 Å². The minimum atomic E-state index is -0.289.